The van der Waals surface area contributed by atoms with Gasteiger partial charge < -0.3 is 4.74 Å². The minimum absolute atomic E-state index is 0.0384. The number of hydrogen-bond acceptors (Lipinski definition) is 4. The molecule has 1 aliphatic heterocycles. The Morgan fingerprint density at radius 2 is 2.23 bits per heavy atom. The van der Waals surface area contributed by atoms with Crippen molar-refractivity contribution in [3.63, 3.8) is 0 Å². The minimum atomic E-state index is -1.19. The molecule has 0 spiro atoms. The van der Waals surface area contributed by atoms with Gasteiger partial charge in [-0.3, -0.25) is 4.79 Å². The standard InChI is InChI=1S/C16H16FN3O2/c1-22-11-4-2-3-10(7-11)13-8-12(17)16-18-15(19-20(13)16)14(21)9-5-6-9/h2-4,7,9,12-13H,5-6,8H2,1H3/t12-,13-/m0/s1. The molecule has 2 aliphatic rings. The second-order valence-electron chi connectivity index (χ2n) is 5.87. The van der Waals surface area contributed by atoms with Crippen LogP contribution in [0.15, 0.2) is 24.3 Å². The van der Waals surface area contributed by atoms with Crippen LogP contribution in [0.4, 0.5) is 4.39 Å². The Balaban J connectivity index is 1.71. The zero-order chi connectivity index (χ0) is 15.3. The van der Waals surface area contributed by atoms with Crippen LogP contribution >= 0.6 is 0 Å². The first-order chi connectivity index (χ1) is 10.7. The number of fused-ring (bicyclic) bond motifs is 1. The molecule has 1 aromatic carbocycles. The summed E-state index contributed by atoms with van der Waals surface area (Å²) in [6, 6.07) is 7.26. The minimum Gasteiger partial charge on any atom is -0.497 e. The normalized spacial score (nSPS) is 23.4. The second-order valence-corrected chi connectivity index (χ2v) is 5.87. The smallest absolute Gasteiger partial charge is 0.217 e. The maximum absolute atomic E-state index is 14.3. The SMILES string of the molecule is COc1cccc([C@@H]2C[C@H](F)c3nc(C(=O)C4CC4)nn32)c1. The molecule has 0 bridgehead atoms. The molecule has 2 aromatic rings. The summed E-state index contributed by atoms with van der Waals surface area (Å²) in [5.41, 5.74) is 0.913. The molecule has 114 valence electrons. The van der Waals surface area contributed by atoms with Crippen LogP contribution in [-0.2, 0) is 0 Å². The van der Waals surface area contributed by atoms with Crippen LogP contribution in [0, 0.1) is 5.92 Å². The van der Waals surface area contributed by atoms with Gasteiger partial charge in [-0.15, -0.1) is 5.10 Å². The number of hydrogen-bond donors (Lipinski definition) is 0. The summed E-state index contributed by atoms with van der Waals surface area (Å²) in [6.45, 7) is 0. The van der Waals surface area contributed by atoms with Crippen molar-refractivity contribution in [3.05, 3.63) is 41.5 Å². The van der Waals surface area contributed by atoms with E-state index < -0.39 is 6.17 Å². The summed E-state index contributed by atoms with van der Waals surface area (Å²) in [5, 5.41) is 4.29. The molecule has 0 saturated heterocycles. The molecule has 0 unspecified atom stereocenters. The summed E-state index contributed by atoms with van der Waals surface area (Å²) >= 11 is 0. The van der Waals surface area contributed by atoms with E-state index in [-0.39, 0.29) is 29.4 Å². The van der Waals surface area contributed by atoms with E-state index in [1.54, 1.807) is 11.8 Å². The van der Waals surface area contributed by atoms with Crippen molar-refractivity contribution in [2.75, 3.05) is 7.11 Å². The Morgan fingerprint density at radius 3 is 2.95 bits per heavy atom. The van der Waals surface area contributed by atoms with Gasteiger partial charge >= 0.3 is 0 Å². The van der Waals surface area contributed by atoms with Crippen LogP contribution in [0.25, 0.3) is 0 Å². The van der Waals surface area contributed by atoms with Gasteiger partial charge in [-0.25, -0.2) is 14.1 Å². The Kier molecular flexibility index (Phi) is 2.99. The maximum Gasteiger partial charge on any atom is 0.217 e. The first-order valence-corrected chi connectivity index (χ1v) is 7.46. The second kappa shape index (κ2) is 4.90. The number of ketones is 1. The lowest BCUT2D eigenvalue weighted by Crippen LogP contribution is -2.10. The number of benzene rings is 1. The highest BCUT2D eigenvalue weighted by atomic mass is 19.1. The number of Topliss-reactive ketones (excluding diaryl/α,β-unsaturated/α-hetero) is 1. The van der Waals surface area contributed by atoms with Crippen LogP contribution in [-0.4, -0.2) is 27.7 Å². The fourth-order valence-electron chi connectivity index (χ4n) is 2.94. The number of methoxy groups -OCH3 is 1. The predicted octanol–water partition coefficient (Wildman–Crippen LogP) is 2.88. The van der Waals surface area contributed by atoms with Crippen LogP contribution in [0.2, 0.25) is 0 Å². The third-order valence-corrected chi connectivity index (χ3v) is 4.31. The van der Waals surface area contributed by atoms with Gasteiger partial charge in [-0.05, 0) is 30.5 Å². The first-order valence-electron chi connectivity index (χ1n) is 7.46. The van der Waals surface area contributed by atoms with E-state index in [1.165, 1.54) is 0 Å². The Labute approximate surface area is 127 Å². The average Bonchev–Trinajstić information content (AvgIpc) is 3.22. The topological polar surface area (TPSA) is 57.0 Å². The summed E-state index contributed by atoms with van der Waals surface area (Å²) in [6.07, 6.45) is 0.882. The van der Waals surface area contributed by atoms with Crippen molar-refractivity contribution in [2.24, 2.45) is 5.92 Å². The van der Waals surface area contributed by atoms with Gasteiger partial charge in [0.1, 0.15) is 5.75 Å². The van der Waals surface area contributed by atoms with E-state index in [2.05, 4.69) is 10.1 Å². The highest BCUT2D eigenvalue weighted by molar-refractivity contribution is 5.95. The number of ether oxygens (including phenoxy) is 1. The number of carbonyl (C=O) groups excluding carboxylic acids is 1. The Bertz CT molecular complexity index is 739. The maximum atomic E-state index is 14.3. The number of aromatic nitrogens is 3. The molecule has 0 N–H and O–H groups in total. The molecule has 0 radical (unpaired) electrons. The van der Waals surface area contributed by atoms with Crippen molar-refractivity contribution in [2.45, 2.75) is 31.5 Å². The van der Waals surface area contributed by atoms with E-state index in [4.69, 9.17) is 4.74 Å². The lowest BCUT2D eigenvalue weighted by Gasteiger charge is -2.12. The molecular formula is C16H16FN3O2. The largest absolute Gasteiger partial charge is 0.497 e. The van der Waals surface area contributed by atoms with E-state index in [0.29, 0.717) is 6.42 Å². The van der Waals surface area contributed by atoms with E-state index >= 15 is 0 Å². The molecule has 1 saturated carbocycles. The van der Waals surface area contributed by atoms with E-state index in [1.807, 2.05) is 24.3 Å². The lowest BCUT2D eigenvalue weighted by molar-refractivity contribution is 0.0956. The summed E-state index contributed by atoms with van der Waals surface area (Å²) in [4.78, 5) is 16.2. The average molecular weight is 301 g/mol. The quantitative estimate of drug-likeness (QED) is 0.815. The molecule has 1 aliphatic carbocycles. The van der Waals surface area contributed by atoms with Gasteiger partial charge in [0.25, 0.3) is 0 Å². The number of alkyl halides is 1. The third-order valence-electron chi connectivity index (χ3n) is 4.31. The zero-order valence-electron chi connectivity index (χ0n) is 12.2. The van der Waals surface area contributed by atoms with Crippen LogP contribution in [0.1, 0.15) is 53.5 Å². The predicted molar refractivity (Wildman–Crippen MR) is 76.7 cm³/mol. The van der Waals surface area contributed by atoms with Gasteiger partial charge in [-0.1, -0.05) is 12.1 Å². The fourth-order valence-corrected chi connectivity index (χ4v) is 2.94. The van der Waals surface area contributed by atoms with Gasteiger partial charge in [0.2, 0.25) is 11.6 Å². The van der Waals surface area contributed by atoms with Crippen molar-refractivity contribution in [1.82, 2.24) is 14.8 Å². The molecule has 4 rings (SSSR count). The lowest BCUT2D eigenvalue weighted by atomic mass is 10.0. The van der Waals surface area contributed by atoms with Gasteiger partial charge in [0, 0.05) is 12.3 Å². The molecule has 6 heteroatoms. The molecule has 22 heavy (non-hydrogen) atoms. The van der Waals surface area contributed by atoms with Crippen molar-refractivity contribution in [1.29, 1.82) is 0 Å². The Hall–Kier alpha value is -2.24. The van der Waals surface area contributed by atoms with Gasteiger partial charge in [0.05, 0.1) is 13.2 Å². The van der Waals surface area contributed by atoms with Crippen LogP contribution in [0.3, 0.4) is 0 Å². The molecule has 2 heterocycles. The number of nitrogens with zero attached hydrogens (tertiary/aromatic N) is 3. The van der Waals surface area contributed by atoms with Crippen LogP contribution < -0.4 is 4.74 Å². The van der Waals surface area contributed by atoms with Crippen LogP contribution in [0.5, 0.6) is 5.75 Å². The molecule has 0 amide bonds. The summed E-state index contributed by atoms with van der Waals surface area (Å²) in [5.74, 6) is 1.12. The number of halogens is 1. The van der Waals surface area contributed by atoms with E-state index in [9.17, 15) is 9.18 Å². The number of carbonyl (C=O) groups is 1. The number of rotatable bonds is 4. The van der Waals surface area contributed by atoms with Gasteiger partial charge in [0.15, 0.2) is 12.0 Å². The third kappa shape index (κ3) is 2.10. The van der Waals surface area contributed by atoms with Crippen molar-refractivity contribution < 1.29 is 13.9 Å². The first kappa shape index (κ1) is 13.4. The molecule has 5 nitrogen and oxygen atoms in total. The summed E-state index contributed by atoms with van der Waals surface area (Å²) < 4.78 is 21.0. The molecule has 2 atom stereocenters. The monoisotopic (exact) mass is 301 g/mol. The molecule has 1 aromatic heterocycles. The molecular weight excluding hydrogens is 285 g/mol. The summed E-state index contributed by atoms with van der Waals surface area (Å²) in [7, 11) is 1.60. The fraction of sp³-hybridized carbons (Fsp3) is 0.438. The molecule has 1 fully saturated rings. The Morgan fingerprint density at radius 1 is 1.41 bits per heavy atom. The van der Waals surface area contributed by atoms with E-state index in [0.717, 1.165) is 24.2 Å². The van der Waals surface area contributed by atoms with Crippen molar-refractivity contribution >= 4 is 5.78 Å². The zero-order valence-corrected chi connectivity index (χ0v) is 12.2. The highest BCUT2D eigenvalue weighted by Gasteiger charge is 2.39. The highest BCUT2D eigenvalue weighted by Crippen LogP contribution is 2.41. The van der Waals surface area contributed by atoms with Crippen molar-refractivity contribution in [3.8, 4) is 5.75 Å². The van der Waals surface area contributed by atoms with Gasteiger partial charge in [-0.2, -0.15) is 0 Å².